The first-order valence-corrected chi connectivity index (χ1v) is 4.78. The highest BCUT2D eigenvalue weighted by atomic mass is 16.2. The zero-order chi connectivity index (χ0) is 12.3. The molecule has 7 heteroatoms. The topological polar surface area (TPSA) is 110 Å². The van der Waals surface area contributed by atoms with Gasteiger partial charge < -0.3 is 21.7 Å². The molecule has 1 amide bonds. The molecule has 1 aromatic rings. The largest absolute Gasteiger partial charge is 0.383 e. The summed E-state index contributed by atoms with van der Waals surface area (Å²) in [6.45, 7) is 1.73. The van der Waals surface area contributed by atoms with Gasteiger partial charge in [-0.1, -0.05) is 0 Å². The first kappa shape index (κ1) is 12.0. The Morgan fingerprint density at radius 3 is 2.56 bits per heavy atom. The molecule has 1 heterocycles. The molecule has 0 bridgehead atoms. The molecule has 1 rings (SSSR count). The summed E-state index contributed by atoms with van der Waals surface area (Å²) in [5.41, 5.74) is 10.9. The maximum absolute atomic E-state index is 11.6. The number of hydrogen-bond donors (Lipinski definition) is 3. The van der Waals surface area contributed by atoms with Crippen LogP contribution in [0, 0.1) is 0 Å². The average molecular weight is 224 g/mol. The van der Waals surface area contributed by atoms with Crippen molar-refractivity contribution in [3.63, 3.8) is 0 Å². The van der Waals surface area contributed by atoms with E-state index in [1.807, 2.05) is 0 Å². The van der Waals surface area contributed by atoms with Crippen LogP contribution < -0.4 is 16.8 Å². The van der Waals surface area contributed by atoms with E-state index in [1.165, 1.54) is 11.0 Å². The maximum Gasteiger partial charge on any atom is 0.244 e. The number of carbonyl (C=O) groups excluding carboxylic acids is 1. The van der Waals surface area contributed by atoms with Gasteiger partial charge in [-0.3, -0.25) is 4.79 Å². The molecule has 16 heavy (non-hydrogen) atoms. The third-order valence-electron chi connectivity index (χ3n) is 1.94. The number of nitrogen functional groups attached to an aromatic ring is 2. The van der Waals surface area contributed by atoms with E-state index < -0.39 is 6.04 Å². The van der Waals surface area contributed by atoms with Crippen molar-refractivity contribution in [2.45, 2.75) is 13.0 Å². The van der Waals surface area contributed by atoms with E-state index in [0.29, 0.717) is 5.82 Å². The van der Waals surface area contributed by atoms with Crippen LogP contribution in [0.1, 0.15) is 6.92 Å². The van der Waals surface area contributed by atoms with Crippen LogP contribution in [0.3, 0.4) is 0 Å². The van der Waals surface area contributed by atoms with Gasteiger partial charge in [0.05, 0.1) is 0 Å². The standard InChI is InChI=1S/C9H16N6O/c1-5(8(16)15(2)3)12-7-4-6(10)13-9(11)14-7/h4-5H,1-3H3,(H5,10,11,12,13,14). The third kappa shape index (κ3) is 2.97. The lowest BCUT2D eigenvalue weighted by Crippen LogP contribution is -2.36. The van der Waals surface area contributed by atoms with Crippen molar-refractivity contribution >= 4 is 23.5 Å². The van der Waals surface area contributed by atoms with Gasteiger partial charge in [0.25, 0.3) is 0 Å². The van der Waals surface area contributed by atoms with Gasteiger partial charge in [-0.2, -0.15) is 9.97 Å². The molecule has 0 fully saturated rings. The average Bonchev–Trinajstić information content (AvgIpc) is 2.14. The van der Waals surface area contributed by atoms with Gasteiger partial charge in [-0.05, 0) is 6.92 Å². The Labute approximate surface area is 93.8 Å². The molecule has 0 aliphatic carbocycles. The van der Waals surface area contributed by atoms with E-state index in [1.54, 1.807) is 21.0 Å². The quantitative estimate of drug-likeness (QED) is 0.640. The van der Waals surface area contributed by atoms with E-state index >= 15 is 0 Å². The fourth-order valence-electron chi connectivity index (χ4n) is 1.23. The first-order valence-electron chi connectivity index (χ1n) is 4.78. The van der Waals surface area contributed by atoms with Crippen LogP contribution in [0.2, 0.25) is 0 Å². The number of rotatable bonds is 3. The summed E-state index contributed by atoms with van der Waals surface area (Å²) >= 11 is 0. The molecular formula is C9H16N6O. The number of amides is 1. The van der Waals surface area contributed by atoms with Crippen molar-refractivity contribution in [3.05, 3.63) is 6.07 Å². The molecule has 0 saturated carbocycles. The number of likely N-dealkylation sites (N-methyl/N-ethyl adjacent to an activating group) is 1. The molecule has 0 spiro atoms. The van der Waals surface area contributed by atoms with Gasteiger partial charge in [0.15, 0.2) is 0 Å². The monoisotopic (exact) mass is 224 g/mol. The van der Waals surface area contributed by atoms with E-state index in [9.17, 15) is 4.79 Å². The summed E-state index contributed by atoms with van der Waals surface area (Å²) in [5, 5.41) is 2.90. The Kier molecular flexibility index (Phi) is 3.49. The van der Waals surface area contributed by atoms with Crippen molar-refractivity contribution in [2.24, 2.45) is 0 Å². The second-order valence-electron chi connectivity index (χ2n) is 3.63. The fraction of sp³-hybridized carbons (Fsp3) is 0.444. The Hall–Kier alpha value is -2.05. The van der Waals surface area contributed by atoms with E-state index in [2.05, 4.69) is 15.3 Å². The lowest BCUT2D eigenvalue weighted by Gasteiger charge is -2.18. The van der Waals surface area contributed by atoms with Crippen molar-refractivity contribution in [1.82, 2.24) is 14.9 Å². The van der Waals surface area contributed by atoms with Gasteiger partial charge in [-0.15, -0.1) is 0 Å². The molecule has 7 nitrogen and oxygen atoms in total. The second kappa shape index (κ2) is 4.65. The minimum absolute atomic E-state index is 0.0595. The Bertz CT molecular complexity index is 371. The molecule has 0 aliphatic rings. The van der Waals surface area contributed by atoms with Crippen LogP contribution in [0.25, 0.3) is 0 Å². The summed E-state index contributed by atoms with van der Waals surface area (Å²) in [6, 6.07) is 1.12. The molecule has 0 aliphatic heterocycles. The van der Waals surface area contributed by atoms with Gasteiger partial charge in [0.1, 0.15) is 17.7 Å². The van der Waals surface area contributed by atoms with Crippen LogP contribution in [0.15, 0.2) is 6.07 Å². The van der Waals surface area contributed by atoms with E-state index in [-0.39, 0.29) is 17.7 Å². The summed E-state index contributed by atoms with van der Waals surface area (Å²) in [4.78, 5) is 20.7. The zero-order valence-corrected chi connectivity index (χ0v) is 9.56. The highest BCUT2D eigenvalue weighted by Crippen LogP contribution is 2.10. The van der Waals surface area contributed by atoms with Gasteiger partial charge >= 0.3 is 0 Å². The minimum Gasteiger partial charge on any atom is -0.383 e. The number of nitrogens with one attached hydrogen (secondary N) is 1. The zero-order valence-electron chi connectivity index (χ0n) is 9.56. The van der Waals surface area contributed by atoms with Crippen LogP contribution in [-0.4, -0.2) is 40.9 Å². The summed E-state index contributed by atoms with van der Waals surface area (Å²) < 4.78 is 0. The fourth-order valence-corrected chi connectivity index (χ4v) is 1.23. The predicted molar refractivity (Wildman–Crippen MR) is 62.6 cm³/mol. The summed E-state index contributed by atoms with van der Waals surface area (Å²) in [6.07, 6.45) is 0. The van der Waals surface area contributed by atoms with Gasteiger partial charge in [0, 0.05) is 20.2 Å². The summed E-state index contributed by atoms with van der Waals surface area (Å²) in [7, 11) is 3.37. The molecule has 88 valence electrons. The van der Waals surface area contributed by atoms with Crippen LogP contribution in [0.4, 0.5) is 17.6 Å². The van der Waals surface area contributed by atoms with Gasteiger partial charge in [0.2, 0.25) is 11.9 Å². The van der Waals surface area contributed by atoms with Crippen LogP contribution in [0.5, 0.6) is 0 Å². The van der Waals surface area contributed by atoms with E-state index in [0.717, 1.165) is 0 Å². The molecule has 1 unspecified atom stereocenters. The lowest BCUT2D eigenvalue weighted by molar-refractivity contribution is -0.129. The molecule has 1 aromatic heterocycles. The van der Waals surface area contributed by atoms with Gasteiger partial charge in [-0.25, -0.2) is 0 Å². The highest BCUT2D eigenvalue weighted by molar-refractivity contribution is 5.83. The molecule has 0 radical (unpaired) electrons. The smallest absolute Gasteiger partial charge is 0.244 e. The Morgan fingerprint density at radius 2 is 2.06 bits per heavy atom. The SMILES string of the molecule is CC(Nc1cc(N)nc(N)n1)C(=O)N(C)C. The molecule has 5 N–H and O–H groups in total. The molecule has 0 aromatic carbocycles. The molecular weight excluding hydrogens is 208 g/mol. The van der Waals surface area contributed by atoms with Crippen LogP contribution in [-0.2, 0) is 4.79 Å². The molecule has 0 saturated heterocycles. The number of aromatic nitrogens is 2. The van der Waals surface area contributed by atoms with Crippen molar-refractivity contribution in [2.75, 3.05) is 30.9 Å². The van der Waals surface area contributed by atoms with Crippen molar-refractivity contribution in [1.29, 1.82) is 0 Å². The minimum atomic E-state index is -0.399. The molecule has 1 atom stereocenters. The van der Waals surface area contributed by atoms with E-state index in [4.69, 9.17) is 11.5 Å². The summed E-state index contributed by atoms with van der Waals surface area (Å²) in [5.74, 6) is 0.718. The Balaban J connectivity index is 2.76. The number of anilines is 3. The number of carbonyl (C=O) groups is 1. The second-order valence-corrected chi connectivity index (χ2v) is 3.63. The Morgan fingerprint density at radius 1 is 1.44 bits per heavy atom. The van der Waals surface area contributed by atoms with Crippen molar-refractivity contribution in [3.8, 4) is 0 Å². The number of nitrogens with two attached hydrogens (primary N) is 2. The predicted octanol–water partition coefficient (Wildman–Crippen LogP) is -0.470. The normalized spacial score (nSPS) is 11.9. The number of hydrogen-bond acceptors (Lipinski definition) is 6. The maximum atomic E-state index is 11.6. The highest BCUT2D eigenvalue weighted by Gasteiger charge is 2.15. The van der Waals surface area contributed by atoms with Crippen molar-refractivity contribution < 1.29 is 4.79 Å². The third-order valence-corrected chi connectivity index (χ3v) is 1.94. The first-order chi connectivity index (χ1) is 7.40. The van der Waals surface area contributed by atoms with Crippen LogP contribution >= 0.6 is 0 Å². The lowest BCUT2D eigenvalue weighted by atomic mass is 10.3. The number of nitrogens with zero attached hydrogens (tertiary/aromatic N) is 3.